The average molecular weight is 323 g/mol. The number of ether oxygens (including phenoxy) is 1. The van der Waals surface area contributed by atoms with E-state index in [1.807, 2.05) is 6.92 Å². The minimum Gasteiger partial charge on any atom is -0.448 e. The van der Waals surface area contributed by atoms with Gasteiger partial charge in [-0.1, -0.05) is 13.8 Å². The highest BCUT2D eigenvalue weighted by atomic mass is 16.6. The van der Waals surface area contributed by atoms with Gasteiger partial charge in [-0.2, -0.15) is 0 Å². The van der Waals surface area contributed by atoms with Crippen LogP contribution >= 0.6 is 0 Å². The standard InChI is InChI=1S/C17H25NO5/c1-3-11-12(19)6-4-5-8-18-9-7-17(16(18)22)13(14(11)20)10(2)15(21)23-17/h10-11,13-14,20H,3-9H2,1-2H3. The number of carbonyl (C=O) groups excluding carboxylic acids is 3. The Kier molecular flexibility index (Phi) is 4.21. The zero-order chi connectivity index (χ0) is 16.8. The molecule has 0 aromatic carbocycles. The first-order valence-electron chi connectivity index (χ1n) is 8.65. The molecule has 128 valence electrons. The summed E-state index contributed by atoms with van der Waals surface area (Å²) in [5.41, 5.74) is -1.27. The van der Waals surface area contributed by atoms with Crippen molar-refractivity contribution in [3.05, 3.63) is 0 Å². The number of rotatable bonds is 1. The largest absolute Gasteiger partial charge is 0.448 e. The van der Waals surface area contributed by atoms with E-state index in [1.165, 1.54) is 0 Å². The molecule has 23 heavy (non-hydrogen) atoms. The maximum Gasteiger partial charge on any atom is 0.310 e. The summed E-state index contributed by atoms with van der Waals surface area (Å²) in [4.78, 5) is 39.3. The zero-order valence-corrected chi connectivity index (χ0v) is 13.8. The first-order valence-corrected chi connectivity index (χ1v) is 8.65. The predicted octanol–water partition coefficient (Wildman–Crippen LogP) is 0.907. The van der Waals surface area contributed by atoms with Crippen LogP contribution in [0, 0.1) is 17.8 Å². The van der Waals surface area contributed by atoms with Gasteiger partial charge in [0, 0.05) is 37.8 Å². The molecule has 0 saturated carbocycles. The molecule has 3 saturated heterocycles. The van der Waals surface area contributed by atoms with Crippen LogP contribution in [-0.2, 0) is 19.1 Å². The Hall–Kier alpha value is -1.43. The fraction of sp³-hybridized carbons (Fsp3) is 0.824. The summed E-state index contributed by atoms with van der Waals surface area (Å²) >= 11 is 0. The molecule has 0 aromatic heterocycles. The molecule has 6 nitrogen and oxygen atoms in total. The van der Waals surface area contributed by atoms with Crippen molar-refractivity contribution in [1.29, 1.82) is 0 Å². The lowest BCUT2D eigenvalue weighted by Crippen LogP contribution is -2.52. The van der Waals surface area contributed by atoms with Crippen LogP contribution in [0.5, 0.6) is 0 Å². The van der Waals surface area contributed by atoms with Crippen molar-refractivity contribution in [3.63, 3.8) is 0 Å². The molecule has 1 amide bonds. The van der Waals surface area contributed by atoms with Gasteiger partial charge in [-0.3, -0.25) is 14.4 Å². The molecule has 6 heteroatoms. The van der Waals surface area contributed by atoms with Crippen LogP contribution < -0.4 is 0 Å². The van der Waals surface area contributed by atoms with E-state index >= 15 is 0 Å². The lowest BCUT2D eigenvalue weighted by molar-refractivity contribution is -0.164. The molecule has 3 rings (SSSR count). The van der Waals surface area contributed by atoms with Crippen LogP contribution in [0.15, 0.2) is 0 Å². The van der Waals surface area contributed by atoms with Crippen LogP contribution in [0.1, 0.15) is 46.0 Å². The molecule has 0 radical (unpaired) electrons. The van der Waals surface area contributed by atoms with Gasteiger partial charge in [0.15, 0.2) is 5.60 Å². The Balaban J connectivity index is 2.04. The number of hydrogen-bond donors (Lipinski definition) is 1. The van der Waals surface area contributed by atoms with E-state index in [2.05, 4.69) is 0 Å². The van der Waals surface area contributed by atoms with E-state index in [9.17, 15) is 19.5 Å². The highest BCUT2D eigenvalue weighted by Crippen LogP contribution is 2.48. The lowest BCUT2D eigenvalue weighted by Gasteiger charge is -2.34. The molecule has 0 aliphatic carbocycles. The van der Waals surface area contributed by atoms with E-state index in [-0.39, 0.29) is 11.7 Å². The first kappa shape index (κ1) is 16.4. The number of amides is 1. The summed E-state index contributed by atoms with van der Waals surface area (Å²) in [5.74, 6) is -2.35. The molecule has 3 aliphatic heterocycles. The maximum atomic E-state index is 12.9. The van der Waals surface area contributed by atoms with Crippen LogP contribution in [0.3, 0.4) is 0 Å². The number of fused-ring (bicyclic) bond motifs is 1. The van der Waals surface area contributed by atoms with E-state index in [0.717, 1.165) is 12.8 Å². The third-order valence-corrected chi connectivity index (χ3v) is 5.87. The second kappa shape index (κ2) is 5.89. The predicted molar refractivity (Wildman–Crippen MR) is 81.3 cm³/mol. The van der Waals surface area contributed by atoms with Crippen LogP contribution in [0.4, 0.5) is 0 Å². The summed E-state index contributed by atoms with van der Waals surface area (Å²) < 4.78 is 5.54. The molecule has 0 aromatic rings. The van der Waals surface area contributed by atoms with Crippen molar-refractivity contribution in [2.24, 2.45) is 17.8 Å². The second-order valence-corrected chi connectivity index (χ2v) is 7.10. The molecule has 1 N–H and O–H groups in total. The molecule has 3 aliphatic rings. The molecule has 3 fully saturated rings. The fourth-order valence-corrected chi connectivity index (χ4v) is 4.55. The van der Waals surface area contributed by atoms with Crippen molar-refractivity contribution >= 4 is 17.7 Å². The van der Waals surface area contributed by atoms with Crippen LogP contribution in [0.2, 0.25) is 0 Å². The number of nitrogens with zero attached hydrogens (tertiary/aromatic N) is 1. The highest BCUT2D eigenvalue weighted by molar-refractivity contribution is 5.94. The Morgan fingerprint density at radius 1 is 1.26 bits per heavy atom. The average Bonchev–Trinajstić information content (AvgIpc) is 2.94. The first-order chi connectivity index (χ1) is 10.9. The molecule has 1 spiro atoms. The van der Waals surface area contributed by atoms with E-state index in [1.54, 1.807) is 11.8 Å². The van der Waals surface area contributed by atoms with Gasteiger partial charge in [0.25, 0.3) is 5.91 Å². The number of aliphatic hydroxyl groups excluding tert-OH is 1. The van der Waals surface area contributed by atoms with Gasteiger partial charge < -0.3 is 14.7 Å². The van der Waals surface area contributed by atoms with Gasteiger partial charge in [-0.15, -0.1) is 0 Å². The van der Waals surface area contributed by atoms with Gasteiger partial charge in [0.05, 0.1) is 12.0 Å². The van der Waals surface area contributed by atoms with Gasteiger partial charge >= 0.3 is 5.97 Å². The normalized spacial score (nSPS) is 41.5. The van der Waals surface area contributed by atoms with Gasteiger partial charge in [0.2, 0.25) is 0 Å². The van der Waals surface area contributed by atoms with Gasteiger partial charge in [-0.05, 0) is 19.3 Å². The van der Waals surface area contributed by atoms with Crippen molar-refractivity contribution in [2.45, 2.75) is 57.7 Å². The number of aliphatic hydroxyl groups is 1. The Labute approximate surface area is 136 Å². The van der Waals surface area contributed by atoms with Crippen molar-refractivity contribution in [1.82, 2.24) is 4.90 Å². The quantitative estimate of drug-likeness (QED) is 0.725. The Bertz CT molecular complexity index is 533. The number of carbonyl (C=O) groups is 3. The minimum atomic E-state index is -1.27. The fourth-order valence-electron chi connectivity index (χ4n) is 4.55. The summed E-state index contributed by atoms with van der Waals surface area (Å²) in [6.45, 7) is 4.69. The Morgan fingerprint density at radius 3 is 2.70 bits per heavy atom. The zero-order valence-electron chi connectivity index (χ0n) is 13.8. The number of Topliss-reactive ketones (excluding diaryl/α,β-unsaturated/α-hetero) is 1. The van der Waals surface area contributed by atoms with E-state index in [0.29, 0.717) is 32.4 Å². The molecular weight excluding hydrogens is 298 g/mol. The topological polar surface area (TPSA) is 83.9 Å². The third kappa shape index (κ3) is 2.38. The SMILES string of the molecule is CCC1C(=O)CCCCN2CCC3(OC(=O)C(C)C3C1O)C2=O. The minimum absolute atomic E-state index is 0.0296. The van der Waals surface area contributed by atoms with E-state index in [4.69, 9.17) is 4.74 Å². The van der Waals surface area contributed by atoms with Crippen molar-refractivity contribution in [2.75, 3.05) is 13.1 Å². The van der Waals surface area contributed by atoms with E-state index < -0.39 is 35.4 Å². The molecular formula is C17H25NO5. The maximum absolute atomic E-state index is 12.9. The Morgan fingerprint density at radius 2 is 2.00 bits per heavy atom. The van der Waals surface area contributed by atoms with Crippen LogP contribution in [-0.4, -0.2) is 52.5 Å². The molecule has 2 bridgehead atoms. The van der Waals surface area contributed by atoms with Gasteiger partial charge in [0.1, 0.15) is 5.78 Å². The molecule has 5 unspecified atom stereocenters. The molecule has 3 heterocycles. The van der Waals surface area contributed by atoms with Crippen molar-refractivity contribution in [3.8, 4) is 0 Å². The summed E-state index contributed by atoms with van der Waals surface area (Å²) in [6, 6.07) is 0. The summed E-state index contributed by atoms with van der Waals surface area (Å²) in [6.07, 6.45) is 1.80. The lowest BCUT2D eigenvalue weighted by atomic mass is 9.71. The summed E-state index contributed by atoms with van der Waals surface area (Å²) in [7, 11) is 0. The molecule has 5 atom stereocenters. The number of hydrogen-bond acceptors (Lipinski definition) is 5. The second-order valence-electron chi connectivity index (χ2n) is 7.10. The van der Waals surface area contributed by atoms with Crippen LogP contribution in [0.25, 0.3) is 0 Å². The highest BCUT2D eigenvalue weighted by Gasteiger charge is 2.65. The third-order valence-electron chi connectivity index (χ3n) is 5.87. The monoisotopic (exact) mass is 323 g/mol. The number of ketones is 1. The van der Waals surface area contributed by atoms with Gasteiger partial charge in [-0.25, -0.2) is 0 Å². The van der Waals surface area contributed by atoms with Crippen molar-refractivity contribution < 1.29 is 24.2 Å². The summed E-state index contributed by atoms with van der Waals surface area (Å²) in [5, 5.41) is 10.9. The smallest absolute Gasteiger partial charge is 0.310 e. The number of esters is 1.